The van der Waals surface area contributed by atoms with Gasteiger partial charge in [-0.2, -0.15) is 0 Å². The Hall–Kier alpha value is -4.07. The van der Waals surface area contributed by atoms with E-state index in [1.165, 1.54) is 12.1 Å². The number of ether oxygens (including phenoxy) is 3. The molecule has 0 saturated carbocycles. The molecule has 1 amide bonds. The molecule has 146 valence electrons. The summed E-state index contributed by atoms with van der Waals surface area (Å²) >= 11 is 0. The van der Waals surface area contributed by atoms with E-state index in [0.717, 1.165) is 5.56 Å². The van der Waals surface area contributed by atoms with Crippen LogP contribution in [0.4, 0.5) is 11.4 Å². The van der Waals surface area contributed by atoms with Gasteiger partial charge in [0.05, 0.1) is 11.0 Å². The molecule has 0 radical (unpaired) electrons. The Morgan fingerprint density at radius 2 is 1.59 bits per heavy atom. The normalized spacial score (nSPS) is 11.8. The predicted octanol–water partition coefficient (Wildman–Crippen LogP) is 4.68. The zero-order valence-corrected chi connectivity index (χ0v) is 15.4. The van der Waals surface area contributed by atoms with Crippen molar-refractivity contribution in [3.8, 4) is 23.0 Å². The Morgan fingerprint density at radius 1 is 1.00 bits per heavy atom. The summed E-state index contributed by atoms with van der Waals surface area (Å²) in [6.45, 7) is 1.95. The molecule has 8 nitrogen and oxygen atoms in total. The van der Waals surface area contributed by atoms with Gasteiger partial charge in [0, 0.05) is 11.8 Å². The summed E-state index contributed by atoms with van der Waals surface area (Å²) in [5.41, 5.74) is 1.14. The number of hydrogen-bond acceptors (Lipinski definition) is 6. The SMILES string of the molecule is Cc1ccc(Oc2ccc(NC(=O)c3cc4c(cc3[N+](=O)[O-])OCO4)cc2)cc1. The summed E-state index contributed by atoms with van der Waals surface area (Å²) in [6.07, 6.45) is 0. The van der Waals surface area contributed by atoms with Crippen molar-refractivity contribution in [2.45, 2.75) is 6.92 Å². The van der Waals surface area contributed by atoms with Crippen LogP contribution >= 0.6 is 0 Å². The molecule has 0 fully saturated rings. The molecule has 0 aromatic heterocycles. The number of rotatable bonds is 5. The third-order valence-corrected chi connectivity index (χ3v) is 4.30. The van der Waals surface area contributed by atoms with Crippen LogP contribution in [0.2, 0.25) is 0 Å². The van der Waals surface area contributed by atoms with Crippen molar-refractivity contribution in [1.82, 2.24) is 0 Å². The highest BCUT2D eigenvalue weighted by atomic mass is 16.7. The molecule has 0 saturated heterocycles. The number of amides is 1. The number of hydrogen-bond donors (Lipinski definition) is 1. The molecule has 1 N–H and O–H groups in total. The summed E-state index contributed by atoms with van der Waals surface area (Å²) in [4.78, 5) is 23.3. The maximum absolute atomic E-state index is 12.6. The van der Waals surface area contributed by atoms with Gasteiger partial charge in [0.25, 0.3) is 11.6 Å². The van der Waals surface area contributed by atoms with E-state index < -0.39 is 10.8 Å². The second-order valence-electron chi connectivity index (χ2n) is 6.37. The molecule has 3 aromatic carbocycles. The maximum atomic E-state index is 12.6. The Balaban J connectivity index is 1.50. The first-order valence-electron chi connectivity index (χ1n) is 8.73. The highest BCUT2D eigenvalue weighted by Crippen LogP contribution is 2.38. The molecule has 29 heavy (non-hydrogen) atoms. The summed E-state index contributed by atoms with van der Waals surface area (Å²) in [5, 5.41) is 14.0. The van der Waals surface area contributed by atoms with Crippen LogP contribution in [-0.2, 0) is 0 Å². The van der Waals surface area contributed by atoms with E-state index >= 15 is 0 Å². The van der Waals surface area contributed by atoms with E-state index in [1.54, 1.807) is 24.3 Å². The highest BCUT2D eigenvalue weighted by molar-refractivity contribution is 6.07. The fourth-order valence-corrected chi connectivity index (χ4v) is 2.81. The molecular weight excluding hydrogens is 376 g/mol. The minimum atomic E-state index is -0.630. The van der Waals surface area contributed by atoms with Crippen LogP contribution in [0, 0.1) is 17.0 Å². The molecule has 4 rings (SSSR count). The van der Waals surface area contributed by atoms with E-state index in [-0.39, 0.29) is 23.8 Å². The van der Waals surface area contributed by atoms with Crippen molar-refractivity contribution >= 4 is 17.3 Å². The van der Waals surface area contributed by atoms with Crippen molar-refractivity contribution < 1.29 is 23.9 Å². The van der Waals surface area contributed by atoms with E-state index in [9.17, 15) is 14.9 Å². The lowest BCUT2D eigenvalue weighted by atomic mass is 10.1. The van der Waals surface area contributed by atoms with Crippen LogP contribution in [0.25, 0.3) is 0 Å². The fraction of sp³-hybridized carbons (Fsp3) is 0.0952. The van der Waals surface area contributed by atoms with Crippen LogP contribution in [0.3, 0.4) is 0 Å². The zero-order chi connectivity index (χ0) is 20.4. The third kappa shape index (κ3) is 3.96. The van der Waals surface area contributed by atoms with E-state index in [1.807, 2.05) is 31.2 Å². The van der Waals surface area contributed by atoms with Gasteiger partial charge in [0.1, 0.15) is 17.1 Å². The van der Waals surface area contributed by atoms with Gasteiger partial charge < -0.3 is 19.5 Å². The van der Waals surface area contributed by atoms with Gasteiger partial charge in [-0.3, -0.25) is 14.9 Å². The fourth-order valence-electron chi connectivity index (χ4n) is 2.81. The minimum Gasteiger partial charge on any atom is -0.457 e. The average Bonchev–Trinajstić information content (AvgIpc) is 3.18. The quantitative estimate of drug-likeness (QED) is 0.500. The number of aryl methyl sites for hydroxylation is 1. The lowest BCUT2D eigenvalue weighted by molar-refractivity contribution is -0.385. The third-order valence-electron chi connectivity index (χ3n) is 4.30. The van der Waals surface area contributed by atoms with E-state index in [0.29, 0.717) is 22.9 Å². The number of nitro benzene ring substituents is 1. The van der Waals surface area contributed by atoms with Crippen LogP contribution in [-0.4, -0.2) is 17.6 Å². The lowest BCUT2D eigenvalue weighted by Gasteiger charge is -2.09. The highest BCUT2D eigenvalue weighted by Gasteiger charge is 2.27. The Bertz CT molecular complexity index is 1080. The van der Waals surface area contributed by atoms with Crippen molar-refractivity contribution in [3.05, 3.63) is 81.9 Å². The maximum Gasteiger partial charge on any atom is 0.286 e. The van der Waals surface area contributed by atoms with Crippen molar-refractivity contribution in [2.24, 2.45) is 0 Å². The molecule has 0 bridgehead atoms. The van der Waals surface area contributed by atoms with E-state index in [2.05, 4.69) is 5.32 Å². The average molecular weight is 392 g/mol. The molecular formula is C21H16N2O6. The largest absolute Gasteiger partial charge is 0.457 e. The molecule has 8 heteroatoms. The second kappa shape index (κ2) is 7.51. The number of nitrogens with zero attached hydrogens (tertiary/aromatic N) is 1. The number of fused-ring (bicyclic) bond motifs is 1. The van der Waals surface area contributed by atoms with Gasteiger partial charge in [0.2, 0.25) is 6.79 Å². The number of nitro groups is 1. The van der Waals surface area contributed by atoms with Crippen LogP contribution in [0.1, 0.15) is 15.9 Å². The summed E-state index contributed by atoms with van der Waals surface area (Å²) < 4.78 is 16.1. The monoisotopic (exact) mass is 392 g/mol. The number of anilines is 1. The number of nitrogens with one attached hydrogen (secondary N) is 1. The Kier molecular flexibility index (Phi) is 4.74. The molecule has 0 aliphatic carbocycles. The van der Waals surface area contributed by atoms with Crippen LogP contribution < -0.4 is 19.5 Å². The number of carbonyl (C=O) groups excluding carboxylic acids is 1. The Labute approximate surface area is 165 Å². The molecule has 1 aliphatic heterocycles. The number of benzene rings is 3. The van der Waals surface area contributed by atoms with Crippen LogP contribution in [0.5, 0.6) is 23.0 Å². The van der Waals surface area contributed by atoms with Crippen molar-refractivity contribution in [1.29, 1.82) is 0 Å². The van der Waals surface area contributed by atoms with Crippen molar-refractivity contribution in [2.75, 3.05) is 12.1 Å². The minimum absolute atomic E-state index is 0.0417. The topological polar surface area (TPSA) is 99.9 Å². The smallest absolute Gasteiger partial charge is 0.286 e. The molecule has 0 unspecified atom stereocenters. The van der Waals surface area contributed by atoms with Gasteiger partial charge in [0.15, 0.2) is 11.5 Å². The molecule has 0 spiro atoms. The molecule has 0 atom stereocenters. The molecule has 1 aliphatic rings. The summed E-state index contributed by atoms with van der Waals surface area (Å²) in [6, 6.07) is 16.8. The first-order valence-corrected chi connectivity index (χ1v) is 8.73. The van der Waals surface area contributed by atoms with Gasteiger partial charge in [-0.15, -0.1) is 0 Å². The Morgan fingerprint density at radius 3 is 2.21 bits per heavy atom. The molecule has 3 aromatic rings. The number of carbonyl (C=O) groups is 1. The van der Waals surface area contributed by atoms with Gasteiger partial charge in [-0.1, -0.05) is 17.7 Å². The predicted molar refractivity (Wildman–Crippen MR) is 105 cm³/mol. The van der Waals surface area contributed by atoms with Crippen LogP contribution in [0.15, 0.2) is 60.7 Å². The van der Waals surface area contributed by atoms with Crippen molar-refractivity contribution in [3.63, 3.8) is 0 Å². The van der Waals surface area contributed by atoms with E-state index in [4.69, 9.17) is 14.2 Å². The van der Waals surface area contributed by atoms with Gasteiger partial charge in [-0.05, 0) is 43.3 Å². The molecule has 1 heterocycles. The zero-order valence-electron chi connectivity index (χ0n) is 15.4. The van der Waals surface area contributed by atoms with Gasteiger partial charge >= 0.3 is 0 Å². The standard InChI is InChI=1S/C21H16N2O6/c1-13-2-6-15(7-3-13)29-16-8-4-14(5-9-16)22-21(24)17-10-19-20(28-12-27-19)11-18(17)23(25)26/h2-11H,12H2,1H3,(H,22,24). The summed E-state index contributed by atoms with van der Waals surface area (Å²) in [7, 11) is 0. The van der Waals surface area contributed by atoms with Gasteiger partial charge in [-0.25, -0.2) is 0 Å². The summed E-state index contributed by atoms with van der Waals surface area (Å²) in [5.74, 6) is 1.21. The lowest BCUT2D eigenvalue weighted by Crippen LogP contribution is -2.14. The first-order chi connectivity index (χ1) is 14.0. The second-order valence-corrected chi connectivity index (χ2v) is 6.37. The first kappa shape index (κ1) is 18.3.